The first-order valence-corrected chi connectivity index (χ1v) is 9.01. The molecule has 130 valence electrons. The normalized spacial score (nSPS) is 44.4. The summed E-state index contributed by atoms with van der Waals surface area (Å²) in [5, 5.41) is 9.61. The summed E-state index contributed by atoms with van der Waals surface area (Å²) in [4.78, 5) is 26.2. The van der Waals surface area contributed by atoms with Crippen LogP contribution in [0.15, 0.2) is 35.1 Å². The second kappa shape index (κ2) is 5.72. The molecule has 0 unspecified atom stereocenters. The Morgan fingerprint density at radius 1 is 1.33 bits per heavy atom. The molecule has 3 nitrogen and oxygen atoms in total. The number of aliphatic hydroxyl groups is 1. The van der Waals surface area contributed by atoms with E-state index in [1.165, 1.54) is 11.1 Å². The first-order valence-electron chi connectivity index (χ1n) is 9.01. The molecule has 24 heavy (non-hydrogen) atoms. The van der Waals surface area contributed by atoms with E-state index in [1.54, 1.807) is 0 Å². The molecule has 3 heteroatoms. The van der Waals surface area contributed by atoms with E-state index in [4.69, 9.17) is 0 Å². The number of hydrogen-bond acceptors (Lipinski definition) is 3. The number of carbonyl (C=O) groups is 2. The molecule has 0 amide bonds. The second-order valence-corrected chi connectivity index (χ2v) is 8.27. The van der Waals surface area contributed by atoms with E-state index < -0.39 is 5.41 Å². The minimum absolute atomic E-state index is 0.00945. The Labute approximate surface area is 144 Å². The lowest BCUT2D eigenvalue weighted by Crippen LogP contribution is -2.59. The van der Waals surface area contributed by atoms with Crippen molar-refractivity contribution in [3.8, 4) is 0 Å². The maximum Gasteiger partial charge on any atom is 0.176 e. The number of rotatable bonds is 1. The quantitative estimate of drug-likeness (QED) is 0.336. The largest absolute Gasteiger partial charge is 0.515 e. The van der Waals surface area contributed by atoms with E-state index in [0.717, 1.165) is 19.1 Å². The SMILES string of the molecule is C/C=C(\C)[C@H]1C(C)=C[C@H]2C[C@@H](C)C[C@H]3C(=O)/C(=C\O)C(=O)[C@]1(C)[C@H]23. The van der Waals surface area contributed by atoms with Gasteiger partial charge in [-0.15, -0.1) is 0 Å². The van der Waals surface area contributed by atoms with Gasteiger partial charge in [-0.05, 0) is 51.4 Å². The fourth-order valence-electron chi connectivity index (χ4n) is 5.99. The minimum atomic E-state index is -0.645. The molecule has 0 saturated heterocycles. The van der Waals surface area contributed by atoms with E-state index in [2.05, 4.69) is 32.9 Å². The average molecular weight is 328 g/mol. The van der Waals surface area contributed by atoms with Gasteiger partial charge in [-0.1, -0.05) is 37.1 Å². The number of hydrogen-bond donors (Lipinski definition) is 1. The van der Waals surface area contributed by atoms with Gasteiger partial charge in [-0.25, -0.2) is 0 Å². The van der Waals surface area contributed by atoms with Crippen LogP contribution in [0.2, 0.25) is 0 Å². The third-order valence-electron chi connectivity index (χ3n) is 6.83. The van der Waals surface area contributed by atoms with Gasteiger partial charge in [-0.3, -0.25) is 9.59 Å². The second-order valence-electron chi connectivity index (χ2n) is 8.27. The van der Waals surface area contributed by atoms with Crippen LogP contribution in [0.3, 0.4) is 0 Å². The molecule has 3 rings (SSSR count). The lowest BCUT2D eigenvalue weighted by Gasteiger charge is -2.57. The molecule has 1 N–H and O–H groups in total. The van der Waals surface area contributed by atoms with Crippen molar-refractivity contribution in [2.24, 2.45) is 35.0 Å². The lowest BCUT2D eigenvalue weighted by atomic mass is 9.44. The van der Waals surface area contributed by atoms with Crippen LogP contribution in [0.5, 0.6) is 0 Å². The summed E-state index contributed by atoms with van der Waals surface area (Å²) >= 11 is 0. The van der Waals surface area contributed by atoms with E-state index in [-0.39, 0.29) is 40.8 Å². The predicted octanol–water partition coefficient (Wildman–Crippen LogP) is 4.41. The highest BCUT2D eigenvalue weighted by atomic mass is 16.2. The molecule has 0 spiro atoms. The Hall–Kier alpha value is -1.64. The van der Waals surface area contributed by atoms with Gasteiger partial charge in [0.2, 0.25) is 0 Å². The Kier molecular flexibility index (Phi) is 4.09. The Morgan fingerprint density at radius 3 is 2.58 bits per heavy atom. The average Bonchev–Trinajstić information content (AvgIpc) is 2.52. The predicted molar refractivity (Wildman–Crippen MR) is 94.4 cm³/mol. The number of ketones is 2. The summed E-state index contributed by atoms with van der Waals surface area (Å²) in [6.07, 6.45) is 7.00. The summed E-state index contributed by atoms with van der Waals surface area (Å²) in [5.41, 5.74) is 1.76. The number of allylic oxidation sites excluding steroid dienone is 5. The van der Waals surface area contributed by atoms with E-state index in [9.17, 15) is 14.7 Å². The van der Waals surface area contributed by atoms with Gasteiger partial charge in [0.25, 0.3) is 0 Å². The number of carbonyl (C=O) groups excluding carboxylic acids is 2. The van der Waals surface area contributed by atoms with Gasteiger partial charge in [0, 0.05) is 17.3 Å². The van der Waals surface area contributed by atoms with Gasteiger partial charge >= 0.3 is 0 Å². The Balaban J connectivity index is 2.26. The van der Waals surface area contributed by atoms with Crippen molar-refractivity contribution >= 4 is 11.6 Å². The zero-order valence-electron chi connectivity index (χ0n) is 15.3. The molecule has 2 saturated carbocycles. The molecule has 0 aromatic heterocycles. The van der Waals surface area contributed by atoms with Crippen LogP contribution >= 0.6 is 0 Å². The zero-order chi connectivity index (χ0) is 17.8. The highest BCUT2D eigenvalue weighted by molar-refractivity contribution is 6.24. The Bertz CT molecular complexity index is 681. The molecular formula is C21H28O3. The van der Waals surface area contributed by atoms with Gasteiger partial charge < -0.3 is 5.11 Å². The molecule has 0 aromatic carbocycles. The van der Waals surface area contributed by atoms with Crippen LogP contribution in [0, 0.1) is 35.0 Å². The molecule has 0 radical (unpaired) electrons. The van der Waals surface area contributed by atoms with Crippen molar-refractivity contribution in [3.63, 3.8) is 0 Å². The van der Waals surface area contributed by atoms with Gasteiger partial charge in [0.1, 0.15) is 0 Å². The fraction of sp³-hybridized carbons (Fsp3) is 0.619. The Morgan fingerprint density at radius 2 is 2.00 bits per heavy atom. The summed E-state index contributed by atoms with van der Waals surface area (Å²) in [7, 11) is 0. The molecule has 0 heterocycles. The molecular weight excluding hydrogens is 300 g/mol. The van der Waals surface area contributed by atoms with Crippen molar-refractivity contribution in [2.75, 3.05) is 0 Å². The van der Waals surface area contributed by atoms with Crippen molar-refractivity contribution in [3.05, 3.63) is 35.1 Å². The maximum absolute atomic E-state index is 13.3. The third kappa shape index (κ3) is 2.09. The number of Topliss-reactive ketones (excluding diaryl/α,β-unsaturated/α-hetero) is 2. The van der Waals surface area contributed by atoms with Crippen molar-refractivity contribution in [1.82, 2.24) is 0 Å². The lowest BCUT2D eigenvalue weighted by molar-refractivity contribution is -0.148. The topological polar surface area (TPSA) is 54.4 Å². The highest BCUT2D eigenvalue weighted by Gasteiger charge is 2.62. The summed E-state index contributed by atoms with van der Waals surface area (Å²) in [5.74, 6) is 0.312. The summed E-state index contributed by atoms with van der Waals surface area (Å²) in [6, 6.07) is 0. The van der Waals surface area contributed by atoms with Crippen LogP contribution in [-0.4, -0.2) is 16.7 Å². The van der Waals surface area contributed by atoms with Crippen LogP contribution in [-0.2, 0) is 9.59 Å². The molecule has 0 aromatic rings. The standard InChI is InChI=1S/C21H28O3/c1-6-12(3)17-13(4)9-14-7-11(2)8-15-18(14)21(17,5)20(24)16(10-22)19(15)23/h6,9-11,14-15,17-18,22H,7-8H2,1-5H3/b12-6+,16-10+/t11-,14-,15-,17+,18-,21+/m1/s1. The molecule has 3 aliphatic carbocycles. The maximum atomic E-state index is 13.3. The molecule has 3 aliphatic rings. The zero-order valence-corrected chi connectivity index (χ0v) is 15.3. The molecule has 0 aliphatic heterocycles. The van der Waals surface area contributed by atoms with Gasteiger partial charge in [0.05, 0.1) is 11.8 Å². The van der Waals surface area contributed by atoms with Crippen LogP contribution in [0.4, 0.5) is 0 Å². The molecule has 6 atom stereocenters. The first-order chi connectivity index (χ1) is 11.3. The van der Waals surface area contributed by atoms with Crippen molar-refractivity contribution in [2.45, 2.75) is 47.5 Å². The first kappa shape index (κ1) is 17.2. The molecule has 0 bridgehead atoms. The van der Waals surface area contributed by atoms with E-state index in [0.29, 0.717) is 5.92 Å². The van der Waals surface area contributed by atoms with Gasteiger partial charge in [0.15, 0.2) is 11.6 Å². The highest BCUT2D eigenvalue weighted by Crippen LogP contribution is 2.61. The van der Waals surface area contributed by atoms with Crippen LogP contribution in [0.25, 0.3) is 0 Å². The van der Waals surface area contributed by atoms with Crippen LogP contribution in [0.1, 0.15) is 47.5 Å². The fourth-order valence-corrected chi connectivity index (χ4v) is 5.99. The number of aliphatic hydroxyl groups excluding tert-OH is 1. The van der Waals surface area contributed by atoms with E-state index >= 15 is 0 Å². The summed E-state index contributed by atoms with van der Waals surface area (Å²) in [6.45, 7) is 10.4. The van der Waals surface area contributed by atoms with Crippen molar-refractivity contribution in [1.29, 1.82) is 0 Å². The molecule has 2 fully saturated rings. The summed E-state index contributed by atoms with van der Waals surface area (Å²) < 4.78 is 0. The smallest absolute Gasteiger partial charge is 0.176 e. The van der Waals surface area contributed by atoms with Crippen LogP contribution < -0.4 is 0 Å². The minimum Gasteiger partial charge on any atom is -0.515 e. The monoisotopic (exact) mass is 328 g/mol. The van der Waals surface area contributed by atoms with E-state index in [1.807, 2.05) is 13.8 Å². The van der Waals surface area contributed by atoms with Gasteiger partial charge in [-0.2, -0.15) is 0 Å². The van der Waals surface area contributed by atoms with Crippen molar-refractivity contribution < 1.29 is 14.7 Å². The third-order valence-corrected chi connectivity index (χ3v) is 6.83.